The molecule has 3 nitrogen and oxygen atoms in total. The summed E-state index contributed by atoms with van der Waals surface area (Å²) in [6.07, 6.45) is 2.94. The normalized spacial score (nSPS) is 25.9. The fourth-order valence-corrected chi connectivity index (χ4v) is 2.62. The van der Waals surface area contributed by atoms with Crippen LogP contribution in [0.15, 0.2) is 11.6 Å². The highest BCUT2D eigenvalue weighted by Crippen LogP contribution is 2.14. The minimum absolute atomic E-state index is 0.807. The van der Waals surface area contributed by atoms with Gasteiger partial charge in [0.1, 0.15) is 0 Å². The SMILES string of the molecule is C[C@@H]1CNC[C@H]1CNCCc1nccs1. The van der Waals surface area contributed by atoms with Crippen molar-refractivity contribution in [2.45, 2.75) is 13.3 Å². The largest absolute Gasteiger partial charge is 0.316 e. The quantitative estimate of drug-likeness (QED) is 0.738. The van der Waals surface area contributed by atoms with E-state index in [4.69, 9.17) is 0 Å². The Balaban J connectivity index is 1.59. The molecule has 0 aromatic carbocycles. The zero-order chi connectivity index (χ0) is 10.5. The van der Waals surface area contributed by atoms with E-state index in [0.29, 0.717) is 0 Å². The molecule has 1 fully saturated rings. The smallest absolute Gasteiger partial charge is 0.0937 e. The first kappa shape index (κ1) is 11.0. The Labute approximate surface area is 95.3 Å². The fraction of sp³-hybridized carbons (Fsp3) is 0.727. The number of hydrogen-bond acceptors (Lipinski definition) is 4. The summed E-state index contributed by atoms with van der Waals surface area (Å²) in [5.74, 6) is 1.62. The van der Waals surface area contributed by atoms with Crippen LogP contribution in [0, 0.1) is 11.8 Å². The van der Waals surface area contributed by atoms with Gasteiger partial charge in [0, 0.05) is 24.5 Å². The second-order valence-corrected chi connectivity index (χ2v) is 5.25. The summed E-state index contributed by atoms with van der Waals surface area (Å²) < 4.78 is 0. The van der Waals surface area contributed by atoms with Crippen LogP contribution in [0.3, 0.4) is 0 Å². The van der Waals surface area contributed by atoms with Gasteiger partial charge in [-0.25, -0.2) is 4.98 Å². The Bertz CT molecular complexity index is 273. The topological polar surface area (TPSA) is 37.0 Å². The van der Waals surface area contributed by atoms with Gasteiger partial charge in [-0.1, -0.05) is 6.92 Å². The van der Waals surface area contributed by atoms with Crippen molar-refractivity contribution in [1.29, 1.82) is 0 Å². The van der Waals surface area contributed by atoms with Gasteiger partial charge in [-0.15, -0.1) is 11.3 Å². The summed E-state index contributed by atoms with van der Waals surface area (Å²) in [6.45, 7) is 6.87. The van der Waals surface area contributed by atoms with Gasteiger partial charge >= 0.3 is 0 Å². The summed E-state index contributed by atoms with van der Waals surface area (Å²) in [4.78, 5) is 4.27. The molecule has 1 aliphatic heterocycles. The number of aromatic nitrogens is 1. The van der Waals surface area contributed by atoms with E-state index in [9.17, 15) is 0 Å². The number of rotatable bonds is 5. The molecule has 84 valence electrons. The van der Waals surface area contributed by atoms with Crippen LogP contribution >= 0.6 is 11.3 Å². The molecule has 2 heterocycles. The molecule has 0 bridgehead atoms. The number of nitrogens with zero attached hydrogens (tertiary/aromatic N) is 1. The number of thiazole rings is 1. The van der Waals surface area contributed by atoms with Gasteiger partial charge in [-0.3, -0.25) is 0 Å². The highest BCUT2D eigenvalue weighted by molar-refractivity contribution is 7.09. The van der Waals surface area contributed by atoms with Gasteiger partial charge in [-0.2, -0.15) is 0 Å². The van der Waals surface area contributed by atoms with Crippen LogP contribution in [0.5, 0.6) is 0 Å². The van der Waals surface area contributed by atoms with Gasteiger partial charge in [0.25, 0.3) is 0 Å². The van der Waals surface area contributed by atoms with Gasteiger partial charge < -0.3 is 10.6 Å². The molecule has 0 aliphatic carbocycles. The highest BCUT2D eigenvalue weighted by Gasteiger charge is 2.21. The summed E-state index contributed by atoms with van der Waals surface area (Å²) in [5, 5.41) is 10.2. The van der Waals surface area contributed by atoms with Crippen molar-refractivity contribution in [2.75, 3.05) is 26.2 Å². The molecule has 4 heteroatoms. The standard InChI is InChI=1S/C11H19N3S/c1-9-6-13-8-10(9)7-12-3-2-11-14-4-5-15-11/h4-5,9-10,12-13H,2-3,6-8H2,1H3/t9-,10-/m1/s1. The van der Waals surface area contributed by atoms with Crippen molar-refractivity contribution in [2.24, 2.45) is 11.8 Å². The molecule has 1 aromatic rings. The first-order valence-electron chi connectivity index (χ1n) is 5.66. The monoisotopic (exact) mass is 225 g/mol. The van der Waals surface area contributed by atoms with Crippen LogP contribution in [0.25, 0.3) is 0 Å². The van der Waals surface area contributed by atoms with E-state index < -0.39 is 0 Å². The van der Waals surface area contributed by atoms with Crippen LogP contribution in [0.1, 0.15) is 11.9 Å². The third-order valence-corrected chi connectivity index (χ3v) is 3.92. The van der Waals surface area contributed by atoms with Crippen LogP contribution in [0.2, 0.25) is 0 Å². The predicted octanol–water partition coefficient (Wildman–Crippen LogP) is 1.13. The molecule has 1 aliphatic rings. The predicted molar refractivity (Wildman–Crippen MR) is 64.2 cm³/mol. The third-order valence-electron chi connectivity index (χ3n) is 3.08. The minimum atomic E-state index is 0.807. The lowest BCUT2D eigenvalue weighted by Crippen LogP contribution is -2.28. The molecule has 0 unspecified atom stereocenters. The highest BCUT2D eigenvalue weighted by atomic mass is 32.1. The van der Waals surface area contributed by atoms with Gasteiger partial charge in [0.05, 0.1) is 5.01 Å². The van der Waals surface area contributed by atoms with Crippen molar-refractivity contribution in [3.8, 4) is 0 Å². The number of hydrogen-bond donors (Lipinski definition) is 2. The molecule has 0 saturated carbocycles. The first-order valence-corrected chi connectivity index (χ1v) is 6.54. The molecular formula is C11H19N3S. The Morgan fingerprint density at radius 1 is 1.60 bits per heavy atom. The lowest BCUT2D eigenvalue weighted by Gasteiger charge is -2.14. The third kappa shape index (κ3) is 3.26. The van der Waals surface area contributed by atoms with Gasteiger partial charge in [0.2, 0.25) is 0 Å². The Kier molecular flexibility index (Phi) is 4.11. The van der Waals surface area contributed by atoms with Crippen molar-refractivity contribution in [1.82, 2.24) is 15.6 Å². The lowest BCUT2D eigenvalue weighted by molar-refractivity contribution is 0.422. The molecule has 0 radical (unpaired) electrons. The van der Waals surface area contributed by atoms with Crippen LogP contribution < -0.4 is 10.6 Å². The number of nitrogens with one attached hydrogen (secondary N) is 2. The average molecular weight is 225 g/mol. The molecule has 0 amide bonds. The molecule has 1 aromatic heterocycles. The van der Waals surface area contributed by atoms with Crippen molar-refractivity contribution in [3.05, 3.63) is 16.6 Å². The van der Waals surface area contributed by atoms with E-state index in [1.54, 1.807) is 11.3 Å². The average Bonchev–Trinajstić information content (AvgIpc) is 2.85. The zero-order valence-corrected chi connectivity index (χ0v) is 10.0. The summed E-state index contributed by atoms with van der Waals surface area (Å²) >= 11 is 1.74. The molecule has 1 saturated heterocycles. The van der Waals surface area contributed by atoms with Crippen LogP contribution in [-0.4, -0.2) is 31.2 Å². The molecular weight excluding hydrogens is 206 g/mol. The lowest BCUT2D eigenvalue weighted by atomic mass is 9.98. The first-order chi connectivity index (χ1) is 7.36. The van der Waals surface area contributed by atoms with E-state index >= 15 is 0 Å². The molecule has 0 spiro atoms. The minimum Gasteiger partial charge on any atom is -0.316 e. The van der Waals surface area contributed by atoms with Gasteiger partial charge in [-0.05, 0) is 31.5 Å². The van der Waals surface area contributed by atoms with Crippen LogP contribution in [0.4, 0.5) is 0 Å². The van der Waals surface area contributed by atoms with Crippen molar-refractivity contribution < 1.29 is 0 Å². The second-order valence-electron chi connectivity index (χ2n) is 4.28. The summed E-state index contributed by atoms with van der Waals surface area (Å²) in [7, 11) is 0. The van der Waals surface area contributed by atoms with Gasteiger partial charge in [0.15, 0.2) is 0 Å². The maximum absolute atomic E-state index is 4.27. The van der Waals surface area contributed by atoms with Crippen molar-refractivity contribution >= 4 is 11.3 Å². The Morgan fingerprint density at radius 2 is 2.53 bits per heavy atom. The van der Waals surface area contributed by atoms with E-state index in [1.165, 1.54) is 18.1 Å². The van der Waals surface area contributed by atoms with Crippen molar-refractivity contribution in [3.63, 3.8) is 0 Å². The maximum Gasteiger partial charge on any atom is 0.0937 e. The van der Waals surface area contributed by atoms with E-state index in [2.05, 4.69) is 22.5 Å². The Morgan fingerprint density at radius 3 is 3.20 bits per heavy atom. The van der Waals surface area contributed by atoms with E-state index in [-0.39, 0.29) is 0 Å². The van der Waals surface area contributed by atoms with E-state index in [1.807, 2.05) is 11.6 Å². The summed E-state index contributed by atoms with van der Waals surface area (Å²) in [6, 6.07) is 0. The maximum atomic E-state index is 4.27. The van der Waals surface area contributed by atoms with Crippen LogP contribution in [-0.2, 0) is 6.42 Å². The Hall–Kier alpha value is -0.450. The second kappa shape index (κ2) is 5.58. The molecule has 2 atom stereocenters. The van der Waals surface area contributed by atoms with E-state index in [0.717, 1.165) is 31.3 Å². The fourth-order valence-electron chi connectivity index (χ4n) is 2.00. The summed E-state index contributed by atoms with van der Waals surface area (Å²) in [5.41, 5.74) is 0. The molecule has 15 heavy (non-hydrogen) atoms. The zero-order valence-electron chi connectivity index (χ0n) is 9.20. The molecule has 2 N–H and O–H groups in total. The molecule has 2 rings (SSSR count).